The van der Waals surface area contributed by atoms with Gasteiger partial charge in [0.2, 0.25) is 35.4 Å². The van der Waals surface area contributed by atoms with Crippen molar-refractivity contribution in [2.45, 2.75) is 100 Å². The fraction of sp³-hybridized carbons (Fsp3) is 0.629. The SMILES string of the molecule is NCCCC[C@H](N)C(=O)N[C@@H](Cc1ccc(O)cc1)C(=O)NCC(=O)N1CCC[C@H]1C(=O)N1CCC[C@H]1C(=O)N[C@@H](CS)C(=O)N1CCC[C@H]1C(=O)O. The molecule has 18 heteroatoms. The minimum Gasteiger partial charge on any atom is -0.508 e. The van der Waals surface area contributed by atoms with Gasteiger partial charge in [0.1, 0.15) is 36.0 Å². The number of nitrogens with one attached hydrogen (secondary N) is 3. The van der Waals surface area contributed by atoms with Gasteiger partial charge in [0.05, 0.1) is 12.6 Å². The van der Waals surface area contributed by atoms with Gasteiger partial charge < -0.3 is 52.3 Å². The lowest BCUT2D eigenvalue weighted by molar-refractivity contribution is -0.150. The molecule has 53 heavy (non-hydrogen) atoms. The molecular weight excluding hydrogens is 708 g/mol. The van der Waals surface area contributed by atoms with E-state index in [0.29, 0.717) is 69.9 Å². The van der Waals surface area contributed by atoms with Gasteiger partial charge in [0.15, 0.2) is 0 Å². The van der Waals surface area contributed by atoms with Crippen LogP contribution >= 0.6 is 12.6 Å². The Morgan fingerprint density at radius 3 is 2.08 bits per heavy atom. The van der Waals surface area contributed by atoms with E-state index in [0.717, 1.165) is 0 Å². The molecule has 0 radical (unpaired) electrons. The lowest BCUT2D eigenvalue weighted by atomic mass is 10.0. The monoisotopic (exact) mass is 760 g/mol. The molecule has 0 saturated carbocycles. The first-order valence-electron chi connectivity index (χ1n) is 18.2. The highest BCUT2D eigenvalue weighted by molar-refractivity contribution is 7.80. The average Bonchev–Trinajstić information content (AvgIpc) is 3.94. The van der Waals surface area contributed by atoms with Gasteiger partial charge in [-0.15, -0.1) is 0 Å². The summed E-state index contributed by atoms with van der Waals surface area (Å²) in [6.07, 6.45) is 4.36. The molecule has 0 unspecified atom stereocenters. The van der Waals surface area contributed by atoms with Gasteiger partial charge in [0.25, 0.3) is 0 Å². The summed E-state index contributed by atoms with van der Waals surface area (Å²) in [5.74, 6) is -4.34. The van der Waals surface area contributed by atoms with Crippen molar-refractivity contribution < 1.29 is 43.8 Å². The highest BCUT2D eigenvalue weighted by atomic mass is 32.1. The van der Waals surface area contributed by atoms with E-state index in [2.05, 4.69) is 28.6 Å². The number of likely N-dealkylation sites (tertiary alicyclic amines) is 3. The minimum absolute atomic E-state index is 0.0343. The number of phenols is 1. The predicted molar refractivity (Wildman–Crippen MR) is 195 cm³/mol. The van der Waals surface area contributed by atoms with Crippen LogP contribution in [0.25, 0.3) is 0 Å². The number of phenolic OH excluding ortho intramolecular Hbond substituents is 1. The van der Waals surface area contributed by atoms with Gasteiger partial charge >= 0.3 is 5.97 Å². The molecule has 0 aliphatic carbocycles. The first-order chi connectivity index (χ1) is 25.4. The van der Waals surface area contributed by atoms with Crippen molar-refractivity contribution in [3.63, 3.8) is 0 Å². The lowest BCUT2D eigenvalue weighted by Crippen LogP contribution is -2.58. The summed E-state index contributed by atoms with van der Waals surface area (Å²) < 4.78 is 0. The number of nitrogens with two attached hydrogens (primary N) is 2. The molecule has 3 aliphatic heterocycles. The Hall–Kier alpha value is -4.42. The van der Waals surface area contributed by atoms with Crippen molar-refractivity contribution in [3.05, 3.63) is 29.8 Å². The zero-order valence-corrected chi connectivity index (χ0v) is 30.7. The third-order valence-corrected chi connectivity index (χ3v) is 10.4. The molecule has 4 rings (SSSR count). The first-order valence-corrected chi connectivity index (χ1v) is 18.9. The number of aromatic hydroxyl groups is 1. The second-order valence-electron chi connectivity index (χ2n) is 13.7. The van der Waals surface area contributed by atoms with Crippen LogP contribution in [-0.2, 0) is 40.0 Å². The first kappa shape index (κ1) is 41.3. The minimum atomic E-state index is -1.11. The largest absolute Gasteiger partial charge is 0.508 e. The summed E-state index contributed by atoms with van der Waals surface area (Å²) in [6.45, 7) is 0.801. The molecule has 17 nitrogen and oxygen atoms in total. The van der Waals surface area contributed by atoms with Crippen LogP contribution in [0.4, 0.5) is 0 Å². The van der Waals surface area contributed by atoms with Crippen LogP contribution in [0.3, 0.4) is 0 Å². The van der Waals surface area contributed by atoms with Gasteiger partial charge in [-0.3, -0.25) is 28.8 Å². The number of unbranched alkanes of at least 4 members (excludes halogenated alkanes) is 1. The van der Waals surface area contributed by atoms with Gasteiger partial charge in [-0.1, -0.05) is 18.6 Å². The number of thiol groups is 1. The van der Waals surface area contributed by atoms with E-state index >= 15 is 0 Å². The van der Waals surface area contributed by atoms with Gasteiger partial charge in [-0.2, -0.15) is 12.6 Å². The Bertz CT molecular complexity index is 1500. The van der Waals surface area contributed by atoms with Crippen molar-refractivity contribution in [3.8, 4) is 5.75 Å². The zero-order valence-electron chi connectivity index (χ0n) is 29.8. The Morgan fingerprint density at radius 1 is 0.811 bits per heavy atom. The molecule has 3 heterocycles. The van der Waals surface area contributed by atoms with E-state index in [1.54, 1.807) is 12.1 Å². The maximum atomic E-state index is 13.9. The molecule has 9 N–H and O–H groups in total. The number of carbonyl (C=O) groups excluding carboxylic acids is 6. The van der Waals surface area contributed by atoms with Crippen molar-refractivity contribution in [2.75, 3.05) is 38.5 Å². The Morgan fingerprint density at radius 2 is 1.43 bits per heavy atom. The van der Waals surface area contributed by atoms with E-state index in [-0.39, 0.29) is 37.6 Å². The molecule has 3 saturated heterocycles. The van der Waals surface area contributed by atoms with Gasteiger partial charge in [-0.05, 0) is 75.6 Å². The molecule has 1 aromatic rings. The van der Waals surface area contributed by atoms with E-state index in [9.17, 15) is 43.8 Å². The number of aliphatic carboxylic acids is 1. The van der Waals surface area contributed by atoms with Crippen molar-refractivity contribution in [1.29, 1.82) is 0 Å². The Labute approximate surface area is 313 Å². The summed E-state index contributed by atoms with van der Waals surface area (Å²) in [4.78, 5) is 96.0. The van der Waals surface area contributed by atoms with Crippen LogP contribution in [-0.4, -0.2) is 141 Å². The predicted octanol–water partition coefficient (Wildman–Crippen LogP) is -1.54. The van der Waals surface area contributed by atoms with Crippen molar-refractivity contribution >= 4 is 54.0 Å². The van der Waals surface area contributed by atoms with E-state index in [1.807, 2.05) is 0 Å². The van der Waals surface area contributed by atoms with Crippen LogP contribution in [0, 0.1) is 0 Å². The topological polar surface area (TPSA) is 258 Å². The Kier molecular flexibility index (Phi) is 15.3. The maximum Gasteiger partial charge on any atom is 0.326 e. The molecule has 3 fully saturated rings. The number of carboxylic acids is 1. The zero-order chi connectivity index (χ0) is 38.7. The van der Waals surface area contributed by atoms with E-state index in [1.165, 1.54) is 26.8 Å². The number of hydrogen-bond donors (Lipinski definition) is 8. The highest BCUT2D eigenvalue weighted by Crippen LogP contribution is 2.26. The number of benzene rings is 1. The molecular formula is C35H52N8O9S. The number of carboxylic acid groups (broad SMARTS) is 1. The smallest absolute Gasteiger partial charge is 0.326 e. The van der Waals surface area contributed by atoms with Crippen LogP contribution in [0.5, 0.6) is 5.75 Å². The summed E-state index contributed by atoms with van der Waals surface area (Å²) in [7, 11) is 0. The average molecular weight is 761 g/mol. The van der Waals surface area contributed by atoms with Crippen LogP contribution in [0.2, 0.25) is 0 Å². The highest BCUT2D eigenvalue weighted by Gasteiger charge is 2.44. The fourth-order valence-corrected chi connectivity index (χ4v) is 7.39. The van der Waals surface area contributed by atoms with Gasteiger partial charge in [-0.25, -0.2) is 4.79 Å². The fourth-order valence-electron chi connectivity index (χ4n) is 7.14. The maximum absolute atomic E-state index is 13.9. The molecule has 0 bridgehead atoms. The van der Waals surface area contributed by atoms with E-state index < -0.39 is 84.2 Å². The quantitative estimate of drug-likeness (QED) is 0.0667. The van der Waals surface area contributed by atoms with Crippen molar-refractivity contribution in [2.24, 2.45) is 11.5 Å². The Balaban J connectivity index is 1.37. The lowest BCUT2D eigenvalue weighted by Gasteiger charge is -2.32. The number of carbonyl (C=O) groups is 7. The third kappa shape index (κ3) is 10.8. The number of hydrogen-bond acceptors (Lipinski definition) is 11. The number of nitrogens with zero attached hydrogens (tertiary/aromatic N) is 3. The van der Waals surface area contributed by atoms with Crippen LogP contribution < -0.4 is 27.4 Å². The van der Waals surface area contributed by atoms with Crippen LogP contribution in [0.15, 0.2) is 24.3 Å². The van der Waals surface area contributed by atoms with E-state index in [4.69, 9.17) is 11.5 Å². The van der Waals surface area contributed by atoms with Gasteiger partial charge in [0, 0.05) is 31.8 Å². The molecule has 6 amide bonds. The number of rotatable bonds is 17. The molecule has 0 spiro atoms. The normalized spacial score (nSPS) is 21.5. The molecule has 6 atom stereocenters. The van der Waals surface area contributed by atoms with Crippen molar-refractivity contribution in [1.82, 2.24) is 30.7 Å². The standard InChI is InChI=1S/C35H52N8O9S/c36-14-2-1-6-23(37)30(46)39-24(18-21-10-12-22(44)13-11-21)31(47)38-19-29(45)41-15-4-8-27(41)34(50)42-16-3-7-26(42)32(48)40-25(20-53)33(49)43-17-5-9-28(43)35(51)52/h10-13,23-28,44,53H,1-9,14-20,36-37H2,(H,38,47)(H,39,46)(H,40,48)(H,51,52)/t23-,24-,25-,26-,27-,28-/m0/s1. The third-order valence-electron chi connectivity index (χ3n) is 10.0. The number of amides is 6. The summed E-state index contributed by atoms with van der Waals surface area (Å²) in [5, 5.41) is 27.1. The second-order valence-corrected chi connectivity index (χ2v) is 14.1. The second kappa shape index (κ2) is 19.6. The molecule has 3 aliphatic rings. The van der Waals surface area contributed by atoms with Crippen LogP contribution in [0.1, 0.15) is 63.4 Å². The molecule has 0 aromatic heterocycles. The molecule has 292 valence electrons. The summed E-state index contributed by atoms with van der Waals surface area (Å²) >= 11 is 4.23. The molecule has 1 aromatic carbocycles. The summed E-state index contributed by atoms with van der Waals surface area (Å²) in [5.41, 5.74) is 12.2. The summed E-state index contributed by atoms with van der Waals surface area (Å²) in [6, 6.07) is 0.362.